The van der Waals surface area contributed by atoms with Crippen molar-refractivity contribution >= 4 is 35.3 Å². The smallest absolute Gasteiger partial charge is 0.316 e. The topological polar surface area (TPSA) is 168 Å². The van der Waals surface area contributed by atoms with Gasteiger partial charge in [-0.05, 0) is 53.8 Å². The molecule has 3 saturated carbocycles. The Bertz CT molecular complexity index is 1140. The third-order valence-corrected chi connectivity index (χ3v) is 10.1. The van der Waals surface area contributed by atoms with Gasteiger partial charge in [0.25, 0.3) is 5.91 Å². The van der Waals surface area contributed by atoms with Crippen molar-refractivity contribution < 1.29 is 28.8 Å². The molecule has 0 aromatic rings. The number of nitrogens with zero attached hydrogens (tertiary/aromatic N) is 1. The van der Waals surface area contributed by atoms with Crippen LogP contribution in [-0.4, -0.2) is 70.9 Å². The number of amides is 5. The molecule has 4 fully saturated rings. The van der Waals surface area contributed by atoms with Crippen molar-refractivity contribution in [1.82, 2.24) is 20.9 Å². The van der Waals surface area contributed by atoms with Crippen LogP contribution in [0.25, 0.3) is 0 Å². The number of piperidine rings is 1. The van der Waals surface area contributed by atoms with E-state index in [9.17, 15) is 28.8 Å². The van der Waals surface area contributed by atoms with E-state index >= 15 is 0 Å². The summed E-state index contributed by atoms with van der Waals surface area (Å²) in [6.07, 6.45) is 4.87. The second-order valence-electron chi connectivity index (χ2n) is 15.0. The molecule has 4 rings (SSSR count). The highest BCUT2D eigenvalue weighted by Crippen LogP contribution is 2.65. The lowest BCUT2D eigenvalue weighted by atomic mass is 9.78. The molecule has 6 atom stereocenters. The molecule has 0 aromatic carbocycles. The number of nitrogens with one attached hydrogen (secondary N) is 3. The summed E-state index contributed by atoms with van der Waals surface area (Å²) in [4.78, 5) is 79.9. The first kappa shape index (κ1) is 31.9. The van der Waals surface area contributed by atoms with Gasteiger partial charge >= 0.3 is 6.03 Å². The number of rotatable bonds is 12. The van der Waals surface area contributed by atoms with E-state index in [1.165, 1.54) is 4.90 Å². The van der Waals surface area contributed by atoms with E-state index < -0.39 is 59.1 Å². The van der Waals surface area contributed by atoms with E-state index in [1.807, 2.05) is 34.6 Å². The van der Waals surface area contributed by atoms with Crippen LogP contribution in [0.2, 0.25) is 0 Å². The summed E-state index contributed by atoms with van der Waals surface area (Å²) >= 11 is 0. The number of urea groups is 1. The Labute approximate surface area is 248 Å². The molecule has 5 amide bonds. The summed E-state index contributed by atoms with van der Waals surface area (Å²) in [5, 5.41) is 8.41. The van der Waals surface area contributed by atoms with Gasteiger partial charge in [0.1, 0.15) is 12.1 Å². The van der Waals surface area contributed by atoms with Gasteiger partial charge in [-0.15, -0.1) is 0 Å². The van der Waals surface area contributed by atoms with Gasteiger partial charge in [0.15, 0.2) is 5.78 Å². The zero-order valence-electron chi connectivity index (χ0n) is 26.1. The molecule has 0 aromatic heterocycles. The van der Waals surface area contributed by atoms with Crippen molar-refractivity contribution in [3.63, 3.8) is 0 Å². The molecule has 234 valence electrons. The summed E-state index contributed by atoms with van der Waals surface area (Å²) < 4.78 is 0. The van der Waals surface area contributed by atoms with E-state index in [4.69, 9.17) is 5.73 Å². The molecule has 3 aliphatic carbocycles. The molecule has 0 bridgehead atoms. The number of carbonyl (C=O) groups excluding carboxylic acids is 6. The van der Waals surface area contributed by atoms with Gasteiger partial charge in [0, 0.05) is 12.5 Å². The zero-order chi connectivity index (χ0) is 31.3. The van der Waals surface area contributed by atoms with Crippen molar-refractivity contribution in [3.8, 4) is 0 Å². The van der Waals surface area contributed by atoms with Gasteiger partial charge in [0.2, 0.25) is 17.6 Å². The fourth-order valence-electron chi connectivity index (χ4n) is 6.80. The minimum Gasteiger partial charge on any atom is -0.363 e. The van der Waals surface area contributed by atoms with Crippen molar-refractivity contribution in [1.29, 1.82) is 0 Å². The third-order valence-electron chi connectivity index (χ3n) is 10.1. The Kier molecular flexibility index (Phi) is 8.82. The van der Waals surface area contributed by atoms with Crippen LogP contribution in [0.15, 0.2) is 0 Å². The number of carbonyl (C=O) groups is 6. The SMILES string of the molecule is CC(C)[C@H](NC(=O)N[C@H](C(=O)N1C[C@H]2C([C@H]1C(=O)NC(CC1CC1)C(=O)C(N)=O)C2(C)C)C(C)(C)C)C(=O)C1CCC1. The summed E-state index contributed by atoms with van der Waals surface area (Å²) in [6, 6.07) is -4.11. The lowest BCUT2D eigenvalue weighted by Crippen LogP contribution is -2.62. The van der Waals surface area contributed by atoms with Gasteiger partial charge in [-0.3, -0.25) is 24.0 Å². The molecule has 4 aliphatic rings. The Balaban J connectivity index is 1.51. The maximum atomic E-state index is 14.1. The lowest BCUT2D eigenvalue weighted by molar-refractivity contribution is -0.145. The average Bonchev–Trinajstić information content (AvgIpc) is 3.69. The molecule has 1 aliphatic heterocycles. The van der Waals surface area contributed by atoms with E-state index in [0.29, 0.717) is 13.0 Å². The molecular weight excluding hydrogens is 538 g/mol. The van der Waals surface area contributed by atoms with Crippen LogP contribution >= 0.6 is 0 Å². The first-order chi connectivity index (χ1) is 19.4. The lowest BCUT2D eigenvalue weighted by Gasteiger charge is -2.38. The molecule has 1 saturated heterocycles. The van der Waals surface area contributed by atoms with Crippen molar-refractivity contribution in [2.45, 2.75) is 111 Å². The zero-order valence-corrected chi connectivity index (χ0v) is 26.1. The number of nitrogens with two attached hydrogens (primary N) is 1. The molecular formula is C31H49N5O6. The standard InChI is InChI=1S/C31H49N5O6/c1-15(2)21(23(37)17-9-8-10-17)34-29(42)35-25(30(3,4)5)28(41)36-14-18-20(31(18,6)7)22(36)27(40)33-19(13-16-11-12-16)24(38)26(32)39/h15-22,25H,8-14H2,1-7H3,(H2,32,39)(H,33,40)(H2,34,35,42)/t18-,19?,20?,21-,22-,25+/m0/s1. The van der Waals surface area contributed by atoms with Gasteiger partial charge in [-0.1, -0.05) is 67.7 Å². The summed E-state index contributed by atoms with van der Waals surface area (Å²) in [5.41, 5.74) is 4.40. The number of likely N-dealkylation sites (tertiary alicyclic amines) is 1. The molecule has 11 heteroatoms. The summed E-state index contributed by atoms with van der Waals surface area (Å²) in [7, 11) is 0. The first-order valence-corrected chi connectivity index (χ1v) is 15.5. The molecule has 0 radical (unpaired) electrons. The minimum absolute atomic E-state index is 0.0230. The highest BCUT2D eigenvalue weighted by Gasteiger charge is 2.70. The molecule has 42 heavy (non-hydrogen) atoms. The largest absolute Gasteiger partial charge is 0.363 e. The van der Waals surface area contributed by atoms with E-state index in [2.05, 4.69) is 29.8 Å². The van der Waals surface area contributed by atoms with E-state index in [1.54, 1.807) is 0 Å². The van der Waals surface area contributed by atoms with Crippen LogP contribution in [0.5, 0.6) is 0 Å². The predicted molar refractivity (Wildman–Crippen MR) is 156 cm³/mol. The van der Waals surface area contributed by atoms with Crippen LogP contribution < -0.4 is 21.7 Å². The van der Waals surface area contributed by atoms with Gasteiger partial charge in [0.05, 0.1) is 12.1 Å². The molecule has 2 unspecified atom stereocenters. The number of Topliss-reactive ketones (excluding diaryl/α,β-unsaturated/α-hetero) is 2. The van der Waals surface area contributed by atoms with E-state index in [0.717, 1.165) is 32.1 Å². The fourth-order valence-corrected chi connectivity index (χ4v) is 6.80. The number of ketones is 2. The average molecular weight is 588 g/mol. The van der Waals surface area contributed by atoms with Gasteiger partial charge < -0.3 is 26.6 Å². The van der Waals surface area contributed by atoms with Crippen LogP contribution in [0.3, 0.4) is 0 Å². The maximum absolute atomic E-state index is 14.1. The van der Waals surface area contributed by atoms with Crippen LogP contribution in [0, 0.1) is 40.4 Å². The molecule has 0 spiro atoms. The number of primary amides is 1. The first-order valence-electron chi connectivity index (χ1n) is 15.5. The Hall–Kier alpha value is -2.98. The highest BCUT2D eigenvalue weighted by atomic mass is 16.2. The third kappa shape index (κ3) is 6.49. The Morgan fingerprint density at radius 2 is 1.57 bits per heavy atom. The van der Waals surface area contributed by atoms with Crippen LogP contribution in [0.4, 0.5) is 4.79 Å². The number of hydrogen-bond acceptors (Lipinski definition) is 6. The quantitative estimate of drug-likeness (QED) is 0.254. The summed E-state index contributed by atoms with van der Waals surface area (Å²) in [5.74, 6) is -2.71. The summed E-state index contributed by atoms with van der Waals surface area (Å²) in [6.45, 7) is 13.7. The van der Waals surface area contributed by atoms with Crippen LogP contribution in [0.1, 0.15) is 87.0 Å². The highest BCUT2D eigenvalue weighted by molar-refractivity contribution is 6.37. The second-order valence-corrected chi connectivity index (χ2v) is 15.0. The van der Waals surface area contributed by atoms with Crippen molar-refractivity contribution in [3.05, 3.63) is 0 Å². The van der Waals surface area contributed by atoms with Gasteiger partial charge in [-0.2, -0.15) is 0 Å². The van der Waals surface area contributed by atoms with Crippen LogP contribution in [-0.2, 0) is 24.0 Å². The van der Waals surface area contributed by atoms with Gasteiger partial charge in [-0.25, -0.2) is 4.79 Å². The van der Waals surface area contributed by atoms with Crippen molar-refractivity contribution in [2.75, 3.05) is 6.54 Å². The molecule has 11 nitrogen and oxygen atoms in total. The fraction of sp³-hybridized carbons (Fsp3) is 0.806. The predicted octanol–water partition coefficient (Wildman–Crippen LogP) is 1.92. The monoisotopic (exact) mass is 587 g/mol. The normalized spacial score (nSPS) is 26.8. The molecule has 5 N–H and O–H groups in total. The molecule has 1 heterocycles. The number of fused-ring (bicyclic) bond motifs is 1. The van der Waals surface area contributed by atoms with E-state index in [-0.39, 0.29) is 40.8 Å². The second kappa shape index (κ2) is 11.6. The number of hydrogen-bond donors (Lipinski definition) is 4. The minimum atomic E-state index is -1.09. The van der Waals surface area contributed by atoms with Crippen molar-refractivity contribution in [2.24, 2.45) is 46.2 Å². The Morgan fingerprint density at radius 1 is 0.952 bits per heavy atom. The maximum Gasteiger partial charge on any atom is 0.316 e. The Morgan fingerprint density at radius 3 is 2.05 bits per heavy atom.